The summed E-state index contributed by atoms with van der Waals surface area (Å²) >= 11 is 0. The van der Waals surface area contributed by atoms with Gasteiger partial charge in [0, 0.05) is 6.54 Å². The second-order valence-corrected chi connectivity index (χ2v) is 4.90. The SMILES string of the molecule is CCCn1ncnc1CNCCc1ccc(F)cc1C. The zero-order chi connectivity index (χ0) is 14.4. The van der Waals surface area contributed by atoms with Crippen LogP contribution in [0.2, 0.25) is 0 Å². The van der Waals surface area contributed by atoms with Crippen LogP contribution in [0.4, 0.5) is 4.39 Å². The average Bonchev–Trinajstić information content (AvgIpc) is 2.85. The van der Waals surface area contributed by atoms with Gasteiger partial charge in [0.05, 0.1) is 6.54 Å². The van der Waals surface area contributed by atoms with Gasteiger partial charge in [0.15, 0.2) is 0 Å². The smallest absolute Gasteiger partial charge is 0.140 e. The molecule has 108 valence electrons. The van der Waals surface area contributed by atoms with Crippen LogP contribution in [0.15, 0.2) is 24.5 Å². The number of aromatic nitrogens is 3. The monoisotopic (exact) mass is 276 g/mol. The maximum Gasteiger partial charge on any atom is 0.140 e. The third-order valence-electron chi connectivity index (χ3n) is 3.29. The molecule has 0 aliphatic heterocycles. The van der Waals surface area contributed by atoms with Gasteiger partial charge in [-0.15, -0.1) is 0 Å². The van der Waals surface area contributed by atoms with E-state index in [4.69, 9.17) is 0 Å². The van der Waals surface area contributed by atoms with Crippen molar-refractivity contribution in [2.45, 2.75) is 39.8 Å². The summed E-state index contributed by atoms with van der Waals surface area (Å²) in [4.78, 5) is 4.25. The number of hydrogen-bond acceptors (Lipinski definition) is 3. The zero-order valence-corrected chi connectivity index (χ0v) is 12.1. The first-order valence-electron chi connectivity index (χ1n) is 7.03. The number of hydrogen-bond donors (Lipinski definition) is 1. The third kappa shape index (κ3) is 3.87. The van der Waals surface area contributed by atoms with E-state index in [0.29, 0.717) is 6.54 Å². The fraction of sp³-hybridized carbons (Fsp3) is 0.467. The van der Waals surface area contributed by atoms with Crippen LogP contribution in [0.25, 0.3) is 0 Å². The molecule has 0 saturated heterocycles. The Bertz CT molecular complexity index is 551. The molecule has 2 rings (SSSR count). The van der Waals surface area contributed by atoms with Gasteiger partial charge in [0.25, 0.3) is 0 Å². The maximum absolute atomic E-state index is 13.0. The molecule has 5 heteroatoms. The van der Waals surface area contributed by atoms with Gasteiger partial charge < -0.3 is 5.32 Å². The summed E-state index contributed by atoms with van der Waals surface area (Å²) in [5.41, 5.74) is 2.18. The van der Waals surface area contributed by atoms with Crippen molar-refractivity contribution in [1.82, 2.24) is 20.1 Å². The molecule has 0 aliphatic rings. The molecule has 0 atom stereocenters. The van der Waals surface area contributed by atoms with Crippen LogP contribution >= 0.6 is 0 Å². The molecule has 0 bridgehead atoms. The Labute approximate surface area is 119 Å². The van der Waals surface area contributed by atoms with Crippen molar-refractivity contribution in [1.29, 1.82) is 0 Å². The molecular formula is C15H21FN4. The maximum atomic E-state index is 13.0. The highest BCUT2D eigenvalue weighted by Crippen LogP contribution is 2.10. The van der Waals surface area contributed by atoms with Gasteiger partial charge in [-0.3, -0.25) is 0 Å². The number of nitrogens with one attached hydrogen (secondary N) is 1. The van der Waals surface area contributed by atoms with E-state index < -0.39 is 0 Å². The molecule has 0 spiro atoms. The summed E-state index contributed by atoms with van der Waals surface area (Å²) in [6.45, 7) is 6.51. The molecule has 2 aromatic rings. The molecule has 0 radical (unpaired) electrons. The van der Waals surface area contributed by atoms with Gasteiger partial charge in [0.1, 0.15) is 18.0 Å². The van der Waals surface area contributed by atoms with E-state index in [9.17, 15) is 4.39 Å². The lowest BCUT2D eigenvalue weighted by Crippen LogP contribution is -2.20. The van der Waals surface area contributed by atoms with Crippen molar-refractivity contribution in [3.05, 3.63) is 47.3 Å². The van der Waals surface area contributed by atoms with Crippen molar-refractivity contribution in [2.75, 3.05) is 6.54 Å². The Morgan fingerprint density at radius 3 is 2.95 bits per heavy atom. The highest BCUT2D eigenvalue weighted by molar-refractivity contribution is 5.26. The minimum atomic E-state index is -0.174. The van der Waals surface area contributed by atoms with Crippen molar-refractivity contribution < 1.29 is 4.39 Å². The van der Waals surface area contributed by atoms with Crippen molar-refractivity contribution in [2.24, 2.45) is 0 Å². The Balaban J connectivity index is 1.80. The lowest BCUT2D eigenvalue weighted by Gasteiger charge is -2.08. The summed E-state index contributed by atoms with van der Waals surface area (Å²) in [5, 5.41) is 7.55. The average molecular weight is 276 g/mol. The number of nitrogens with zero attached hydrogens (tertiary/aromatic N) is 3. The molecule has 1 aromatic heterocycles. The molecular weight excluding hydrogens is 255 g/mol. The van der Waals surface area contributed by atoms with Crippen molar-refractivity contribution in [3.8, 4) is 0 Å². The van der Waals surface area contributed by atoms with Gasteiger partial charge in [-0.1, -0.05) is 13.0 Å². The van der Waals surface area contributed by atoms with E-state index in [1.807, 2.05) is 17.7 Å². The Kier molecular flexibility index (Phi) is 5.24. The quantitative estimate of drug-likeness (QED) is 0.790. The number of aryl methyl sites for hydroxylation is 2. The largest absolute Gasteiger partial charge is 0.310 e. The van der Waals surface area contributed by atoms with Gasteiger partial charge >= 0.3 is 0 Å². The van der Waals surface area contributed by atoms with Crippen LogP contribution in [-0.2, 0) is 19.5 Å². The summed E-state index contributed by atoms with van der Waals surface area (Å²) in [6, 6.07) is 4.94. The minimum absolute atomic E-state index is 0.174. The lowest BCUT2D eigenvalue weighted by molar-refractivity contribution is 0.543. The molecule has 0 amide bonds. The summed E-state index contributed by atoms with van der Waals surface area (Å²) in [7, 11) is 0. The molecule has 0 unspecified atom stereocenters. The van der Waals surface area contributed by atoms with E-state index in [-0.39, 0.29) is 5.82 Å². The van der Waals surface area contributed by atoms with Crippen molar-refractivity contribution in [3.63, 3.8) is 0 Å². The lowest BCUT2D eigenvalue weighted by atomic mass is 10.1. The van der Waals surface area contributed by atoms with Crippen LogP contribution in [0, 0.1) is 12.7 Å². The molecule has 1 aromatic carbocycles. The minimum Gasteiger partial charge on any atom is -0.310 e. The van der Waals surface area contributed by atoms with E-state index in [1.54, 1.807) is 12.4 Å². The summed E-state index contributed by atoms with van der Waals surface area (Å²) in [6.07, 6.45) is 3.52. The predicted octanol–water partition coefficient (Wildman–Crippen LogP) is 2.47. The van der Waals surface area contributed by atoms with Crippen molar-refractivity contribution >= 4 is 0 Å². The molecule has 0 fully saturated rings. The Morgan fingerprint density at radius 1 is 1.35 bits per heavy atom. The van der Waals surface area contributed by atoms with E-state index in [0.717, 1.165) is 37.3 Å². The number of benzene rings is 1. The van der Waals surface area contributed by atoms with Crippen LogP contribution in [0.5, 0.6) is 0 Å². The highest BCUT2D eigenvalue weighted by atomic mass is 19.1. The fourth-order valence-corrected chi connectivity index (χ4v) is 2.19. The molecule has 1 heterocycles. The highest BCUT2D eigenvalue weighted by Gasteiger charge is 2.03. The van der Waals surface area contributed by atoms with Crippen LogP contribution in [0.3, 0.4) is 0 Å². The molecule has 0 saturated carbocycles. The predicted molar refractivity (Wildman–Crippen MR) is 76.9 cm³/mol. The Morgan fingerprint density at radius 2 is 2.20 bits per heavy atom. The first-order chi connectivity index (χ1) is 9.70. The number of rotatable bonds is 7. The van der Waals surface area contributed by atoms with Gasteiger partial charge in [-0.2, -0.15) is 5.10 Å². The summed E-state index contributed by atoms with van der Waals surface area (Å²) in [5.74, 6) is 0.787. The van der Waals surface area contributed by atoms with E-state index in [1.165, 1.54) is 11.6 Å². The molecule has 0 aliphatic carbocycles. The molecule has 1 N–H and O–H groups in total. The fourth-order valence-electron chi connectivity index (χ4n) is 2.19. The Hall–Kier alpha value is -1.75. The van der Waals surface area contributed by atoms with Crippen LogP contribution in [0.1, 0.15) is 30.3 Å². The van der Waals surface area contributed by atoms with Gasteiger partial charge in [0.2, 0.25) is 0 Å². The van der Waals surface area contributed by atoms with E-state index in [2.05, 4.69) is 22.3 Å². The molecule has 4 nitrogen and oxygen atoms in total. The third-order valence-corrected chi connectivity index (χ3v) is 3.29. The second kappa shape index (κ2) is 7.14. The molecule has 20 heavy (non-hydrogen) atoms. The van der Waals surface area contributed by atoms with E-state index >= 15 is 0 Å². The van der Waals surface area contributed by atoms with Gasteiger partial charge in [-0.05, 0) is 49.6 Å². The zero-order valence-electron chi connectivity index (χ0n) is 12.1. The number of halogens is 1. The van der Waals surface area contributed by atoms with Crippen LogP contribution < -0.4 is 5.32 Å². The normalized spacial score (nSPS) is 10.9. The standard InChI is InChI=1S/C15H21FN4/c1-3-8-20-15(18-11-19-20)10-17-7-6-13-4-5-14(16)9-12(13)2/h4-5,9,11,17H,3,6-8,10H2,1-2H3. The topological polar surface area (TPSA) is 42.7 Å². The van der Waals surface area contributed by atoms with Gasteiger partial charge in [-0.25, -0.2) is 14.1 Å². The first kappa shape index (κ1) is 14.7. The first-order valence-corrected chi connectivity index (χ1v) is 7.03. The second-order valence-electron chi connectivity index (χ2n) is 4.90. The summed E-state index contributed by atoms with van der Waals surface area (Å²) < 4.78 is 14.9. The van der Waals surface area contributed by atoms with Crippen LogP contribution in [-0.4, -0.2) is 21.3 Å².